The Labute approximate surface area is 200 Å². The topological polar surface area (TPSA) is 62.2 Å². The number of fused-ring (bicyclic) bond motifs is 1. The van der Waals surface area contributed by atoms with Gasteiger partial charge < -0.3 is 19.5 Å². The summed E-state index contributed by atoms with van der Waals surface area (Å²) >= 11 is 1.74. The van der Waals surface area contributed by atoms with E-state index in [2.05, 4.69) is 22.9 Å². The first-order valence-corrected chi connectivity index (χ1v) is 12.5. The molecule has 2 aromatic rings. The molecule has 0 saturated heterocycles. The molecule has 1 amide bonds. The largest absolute Gasteiger partial charge is 0.493 e. The number of carbonyl (C=O) groups is 1. The third-order valence-electron chi connectivity index (χ3n) is 6.44. The molecule has 4 rings (SSSR count). The summed E-state index contributed by atoms with van der Waals surface area (Å²) in [5, 5.41) is 12.6. The first-order valence-electron chi connectivity index (χ1n) is 11.6. The Morgan fingerprint density at radius 3 is 2.79 bits per heavy atom. The highest BCUT2D eigenvalue weighted by Gasteiger charge is 2.35. The minimum Gasteiger partial charge on any atom is -0.493 e. The minimum atomic E-state index is -1.02. The fourth-order valence-electron chi connectivity index (χ4n) is 4.43. The van der Waals surface area contributed by atoms with Crippen LogP contribution in [0.25, 0.3) is 0 Å². The van der Waals surface area contributed by atoms with Crippen molar-refractivity contribution < 1.29 is 19.4 Å². The Morgan fingerprint density at radius 2 is 2.09 bits per heavy atom. The Morgan fingerprint density at radius 1 is 1.33 bits per heavy atom. The quantitative estimate of drug-likeness (QED) is 0.505. The predicted octanol–water partition coefficient (Wildman–Crippen LogP) is 3.91. The summed E-state index contributed by atoms with van der Waals surface area (Å²) in [5.41, 5.74) is 0.144. The number of aliphatic hydroxyl groups is 1. The molecule has 1 saturated carbocycles. The number of nitrogens with zero attached hydrogens (tertiary/aromatic N) is 2. The van der Waals surface area contributed by atoms with Crippen LogP contribution in [0.2, 0.25) is 0 Å². The van der Waals surface area contributed by atoms with E-state index in [0.29, 0.717) is 37.1 Å². The zero-order chi connectivity index (χ0) is 23.4. The van der Waals surface area contributed by atoms with Crippen LogP contribution in [0.5, 0.6) is 11.5 Å². The van der Waals surface area contributed by atoms with E-state index in [1.54, 1.807) is 31.4 Å². The lowest BCUT2D eigenvalue weighted by Crippen LogP contribution is -2.49. The molecule has 2 atom stereocenters. The van der Waals surface area contributed by atoms with Gasteiger partial charge in [-0.1, -0.05) is 18.2 Å². The van der Waals surface area contributed by atoms with Crippen molar-refractivity contribution in [2.45, 2.75) is 37.8 Å². The standard InChI is InChI=1S/C26H34N2O4S/c1-4-26(2,30)18-27(15-19-9-10-19)16-25(29)28-13-11-24-20(12-14-33-24)21(28)17-32-23-8-6-5-7-22(23)31-3/h4-8,12,14,19,21,30H,1,9-11,13,15-18H2,2-3H3. The molecule has 1 fully saturated rings. The molecule has 1 aromatic carbocycles. The first kappa shape index (κ1) is 23.8. The van der Waals surface area contributed by atoms with Gasteiger partial charge in [-0.15, -0.1) is 17.9 Å². The molecule has 2 heterocycles. The molecular formula is C26H34N2O4S. The van der Waals surface area contributed by atoms with E-state index in [4.69, 9.17) is 9.47 Å². The molecule has 1 aliphatic carbocycles. The van der Waals surface area contributed by atoms with E-state index in [1.165, 1.54) is 23.3 Å². The average Bonchev–Trinajstić information content (AvgIpc) is 3.49. The molecule has 0 bridgehead atoms. The second-order valence-corrected chi connectivity index (χ2v) is 10.3. The molecule has 0 spiro atoms. The lowest BCUT2D eigenvalue weighted by atomic mass is 10.00. The summed E-state index contributed by atoms with van der Waals surface area (Å²) in [6.07, 6.45) is 4.80. The highest BCUT2D eigenvalue weighted by Crippen LogP contribution is 2.36. The molecule has 2 unspecified atom stereocenters. The molecule has 178 valence electrons. The monoisotopic (exact) mass is 470 g/mol. The fraction of sp³-hybridized carbons (Fsp3) is 0.500. The number of methoxy groups -OCH3 is 1. The third-order valence-corrected chi connectivity index (χ3v) is 7.43. The lowest BCUT2D eigenvalue weighted by molar-refractivity contribution is -0.136. The molecule has 33 heavy (non-hydrogen) atoms. The van der Waals surface area contributed by atoms with E-state index < -0.39 is 5.60 Å². The van der Waals surface area contributed by atoms with Crippen molar-refractivity contribution in [1.82, 2.24) is 9.80 Å². The zero-order valence-corrected chi connectivity index (χ0v) is 20.4. The van der Waals surface area contributed by atoms with Crippen LogP contribution in [-0.2, 0) is 11.2 Å². The Bertz CT molecular complexity index is 969. The highest BCUT2D eigenvalue weighted by atomic mass is 32.1. The summed E-state index contributed by atoms with van der Waals surface area (Å²) in [6, 6.07) is 9.54. The summed E-state index contributed by atoms with van der Waals surface area (Å²) < 4.78 is 11.6. The van der Waals surface area contributed by atoms with Crippen LogP contribution in [0.1, 0.15) is 36.2 Å². The van der Waals surface area contributed by atoms with Gasteiger partial charge in [-0.2, -0.15) is 0 Å². The van der Waals surface area contributed by atoms with Crippen molar-refractivity contribution in [3.8, 4) is 11.5 Å². The Kier molecular flexibility index (Phi) is 7.41. The number of rotatable bonds is 11. The number of para-hydroxylation sites is 2. The number of ether oxygens (including phenoxy) is 2. The van der Waals surface area contributed by atoms with Crippen LogP contribution >= 0.6 is 11.3 Å². The number of hydrogen-bond acceptors (Lipinski definition) is 6. The van der Waals surface area contributed by atoms with Crippen LogP contribution < -0.4 is 9.47 Å². The van der Waals surface area contributed by atoms with E-state index in [0.717, 1.165) is 13.0 Å². The van der Waals surface area contributed by atoms with Crippen LogP contribution in [0.4, 0.5) is 0 Å². The van der Waals surface area contributed by atoms with Crippen molar-refractivity contribution in [3.05, 3.63) is 58.8 Å². The maximum atomic E-state index is 13.6. The fourth-order valence-corrected chi connectivity index (χ4v) is 5.36. The molecule has 1 aromatic heterocycles. The van der Waals surface area contributed by atoms with Crippen molar-refractivity contribution in [3.63, 3.8) is 0 Å². The number of amides is 1. The Balaban J connectivity index is 1.50. The minimum absolute atomic E-state index is 0.0704. The predicted molar refractivity (Wildman–Crippen MR) is 131 cm³/mol. The number of thiophene rings is 1. The van der Waals surface area contributed by atoms with Crippen molar-refractivity contribution in [2.24, 2.45) is 5.92 Å². The van der Waals surface area contributed by atoms with Gasteiger partial charge in [-0.25, -0.2) is 0 Å². The molecule has 1 N–H and O–H groups in total. The highest BCUT2D eigenvalue weighted by molar-refractivity contribution is 7.10. The van der Waals surface area contributed by atoms with Crippen LogP contribution in [-0.4, -0.2) is 66.3 Å². The van der Waals surface area contributed by atoms with Crippen LogP contribution in [0.3, 0.4) is 0 Å². The van der Waals surface area contributed by atoms with Gasteiger partial charge in [0, 0.05) is 24.5 Å². The number of benzene rings is 1. The van der Waals surface area contributed by atoms with Gasteiger partial charge in [-0.3, -0.25) is 9.69 Å². The van der Waals surface area contributed by atoms with Gasteiger partial charge >= 0.3 is 0 Å². The molecular weight excluding hydrogens is 436 g/mol. The molecule has 1 aliphatic heterocycles. The normalized spacial score (nSPS) is 19.6. The SMILES string of the molecule is C=CC(C)(O)CN(CC(=O)N1CCc2sccc2C1COc1ccccc1OC)CC1CC1. The van der Waals surface area contributed by atoms with Crippen LogP contribution in [0.15, 0.2) is 48.4 Å². The van der Waals surface area contributed by atoms with Gasteiger partial charge in [0.15, 0.2) is 11.5 Å². The lowest BCUT2D eigenvalue weighted by Gasteiger charge is -2.38. The third kappa shape index (κ3) is 5.96. The zero-order valence-electron chi connectivity index (χ0n) is 19.5. The number of hydrogen-bond donors (Lipinski definition) is 1. The van der Waals surface area contributed by atoms with Crippen LogP contribution in [0, 0.1) is 5.92 Å². The second kappa shape index (κ2) is 10.3. The maximum Gasteiger partial charge on any atom is 0.237 e. The Hall–Kier alpha value is -2.35. The smallest absolute Gasteiger partial charge is 0.237 e. The summed E-state index contributed by atoms with van der Waals surface area (Å²) in [5.74, 6) is 2.04. The van der Waals surface area contributed by atoms with Gasteiger partial charge in [-0.05, 0) is 61.2 Å². The van der Waals surface area contributed by atoms with Gasteiger partial charge in [0.2, 0.25) is 5.91 Å². The molecule has 7 heteroatoms. The first-order chi connectivity index (χ1) is 15.9. The van der Waals surface area contributed by atoms with E-state index in [1.807, 2.05) is 29.2 Å². The van der Waals surface area contributed by atoms with Crippen molar-refractivity contribution in [1.29, 1.82) is 0 Å². The summed E-state index contributed by atoms with van der Waals surface area (Å²) in [4.78, 5) is 18.9. The second-order valence-electron chi connectivity index (χ2n) is 9.29. The van der Waals surface area contributed by atoms with E-state index >= 15 is 0 Å². The van der Waals surface area contributed by atoms with E-state index in [9.17, 15) is 9.90 Å². The summed E-state index contributed by atoms with van der Waals surface area (Å²) in [6.45, 7) is 8.04. The van der Waals surface area contributed by atoms with Gasteiger partial charge in [0.05, 0.1) is 25.3 Å². The summed E-state index contributed by atoms with van der Waals surface area (Å²) in [7, 11) is 1.63. The van der Waals surface area contributed by atoms with Gasteiger partial charge in [0.1, 0.15) is 6.61 Å². The molecule has 0 radical (unpaired) electrons. The molecule has 2 aliphatic rings. The van der Waals surface area contributed by atoms with E-state index in [-0.39, 0.29) is 18.5 Å². The van der Waals surface area contributed by atoms with Crippen molar-refractivity contribution >= 4 is 17.2 Å². The number of carbonyl (C=O) groups excluding carboxylic acids is 1. The maximum absolute atomic E-state index is 13.6. The average molecular weight is 471 g/mol. The molecule has 6 nitrogen and oxygen atoms in total. The van der Waals surface area contributed by atoms with Crippen molar-refractivity contribution in [2.75, 3.05) is 39.9 Å². The van der Waals surface area contributed by atoms with Gasteiger partial charge in [0.25, 0.3) is 0 Å².